The smallest absolute Gasteiger partial charge is 0.238 e. The van der Waals surface area contributed by atoms with Crippen LogP contribution in [0.4, 0.5) is 5.69 Å². The van der Waals surface area contributed by atoms with E-state index in [1.54, 1.807) is 6.07 Å². The van der Waals surface area contributed by atoms with Crippen LogP contribution in [0.5, 0.6) is 0 Å². The Labute approximate surface area is 125 Å². The highest BCUT2D eigenvalue weighted by Crippen LogP contribution is 2.55. The lowest BCUT2D eigenvalue weighted by Crippen LogP contribution is -2.17. The minimum Gasteiger partial charge on any atom is -0.326 e. The van der Waals surface area contributed by atoms with Crippen molar-refractivity contribution in [2.45, 2.75) is 37.5 Å². The molecule has 2 unspecified atom stereocenters. The van der Waals surface area contributed by atoms with Gasteiger partial charge in [0.05, 0.1) is 4.90 Å². The van der Waals surface area contributed by atoms with Crippen molar-refractivity contribution in [1.82, 2.24) is 0 Å². The van der Waals surface area contributed by atoms with Gasteiger partial charge in [-0.05, 0) is 49.3 Å². The number of primary sulfonamides is 1. The molecule has 0 radical (unpaired) electrons. The van der Waals surface area contributed by atoms with E-state index in [-0.39, 0.29) is 16.7 Å². The van der Waals surface area contributed by atoms with Gasteiger partial charge in [-0.2, -0.15) is 0 Å². The Balaban J connectivity index is 1.77. The van der Waals surface area contributed by atoms with Gasteiger partial charge in [-0.25, -0.2) is 13.6 Å². The van der Waals surface area contributed by atoms with E-state index in [1.165, 1.54) is 25.0 Å². The summed E-state index contributed by atoms with van der Waals surface area (Å²) in [5.74, 6) is 1.17. The van der Waals surface area contributed by atoms with Crippen molar-refractivity contribution in [2.75, 3.05) is 5.32 Å². The summed E-state index contributed by atoms with van der Waals surface area (Å²) >= 11 is 0. The highest BCUT2D eigenvalue weighted by Gasteiger charge is 2.54. The number of amides is 1. The minimum atomic E-state index is -3.75. The zero-order valence-electron chi connectivity index (χ0n) is 12.0. The third kappa shape index (κ3) is 2.82. The molecule has 2 fully saturated rings. The Morgan fingerprint density at radius 3 is 2.43 bits per heavy atom. The molecule has 0 saturated heterocycles. The van der Waals surface area contributed by atoms with Crippen LogP contribution >= 0.6 is 0 Å². The van der Waals surface area contributed by atoms with E-state index >= 15 is 0 Å². The first-order valence-electron chi connectivity index (χ1n) is 7.32. The second kappa shape index (κ2) is 5.10. The molecular formula is C15H20N2O3S. The van der Waals surface area contributed by atoms with E-state index in [2.05, 4.69) is 5.32 Å². The van der Waals surface area contributed by atoms with Crippen LogP contribution in [0.2, 0.25) is 0 Å². The number of fused-ring (bicyclic) bond motifs is 1. The van der Waals surface area contributed by atoms with Crippen LogP contribution in [0, 0.1) is 24.7 Å². The molecule has 6 heteroatoms. The van der Waals surface area contributed by atoms with E-state index in [0.29, 0.717) is 17.5 Å². The largest absolute Gasteiger partial charge is 0.326 e. The zero-order chi connectivity index (χ0) is 15.2. The van der Waals surface area contributed by atoms with Crippen molar-refractivity contribution in [1.29, 1.82) is 0 Å². The maximum absolute atomic E-state index is 12.4. The summed E-state index contributed by atoms with van der Waals surface area (Å²) in [4.78, 5) is 12.4. The number of benzene rings is 1. The van der Waals surface area contributed by atoms with Gasteiger partial charge in [-0.15, -0.1) is 0 Å². The maximum Gasteiger partial charge on any atom is 0.238 e. The van der Waals surface area contributed by atoms with Crippen molar-refractivity contribution in [3.05, 3.63) is 23.8 Å². The average molecular weight is 308 g/mol. The van der Waals surface area contributed by atoms with Crippen LogP contribution in [0.25, 0.3) is 0 Å². The predicted molar refractivity (Wildman–Crippen MR) is 80.1 cm³/mol. The average Bonchev–Trinajstić information content (AvgIpc) is 3.14. The van der Waals surface area contributed by atoms with Gasteiger partial charge in [0, 0.05) is 11.6 Å². The number of aryl methyl sites for hydroxylation is 1. The number of carbonyl (C=O) groups excluding carboxylic acids is 1. The molecule has 0 heterocycles. The van der Waals surface area contributed by atoms with Gasteiger partial charge in [-0.1, -0.05) is 18.9 Å². The van der Waals surface area contributed by atoms with Gasteiger partial charge in [0.15, 0.2) is 0 Å². The van der Waals surface area contributed by atoms with E-state index in [4.69, 9.17) is 5.14 Å². The van der Waals surface area contributed by atoms with E-state index in [9.17, 15) is 13.2 Å². The molecule has 2 atom stereocenters. The lowest BCUT2D eigenvalue weighted by Gasteiger charge is -2.10. The van der Waals surface area contributed by atoms with Crippen molar-refractivity contribution in [3.63, 3.8) is 0 Å². The first-order valence-corrected chi connectivity index (χ1v) is 8.87. The number of rotatable bonds is 3. The summed E-state index contributed by atoms with van der Waals surface area (Å²) < 4.78 is 22.8. The molecule has 2 aliphatic rings. The molecule has 5 nitrogen and oxygen atoms in total. The number of sulfonamides is 1. The Hall–Kier alpha value is -1.40. The van der Waals surface area contributed by atoms with E-state index in [0.717, 1.165) is 18.4 Å². The lowest BCUT2D eigenvalue weighted by molar-refractivity contribution is -0.117. The van der Waals surface area contributed by atoms with Crippen LogP contribution in [-0.2, 0) is 14.8 Å². The molecule has 0 bridgehead atoms. The molecule has 114 valence electrons. The van der Waals surface area contributed by atoms with Gasteiger partial charge in [0.2, 0.25) is 15.9 Å². The van der Waals surface area contributed by atoms with Crippen LogP contribution < -0.4 is 10.5 Å². The van der Waals surface area contributed by atoms with Gasteiger partial charge in [0.25, 0.3) is 0 Å². The highest BCUT2D eigenvalue weighted by atomic mass is 32.2. The molecule has 2 aliphatic carbocycles. The number of hydrogen-bond donors (Lipinski definition) is 2. The summed E-state index contributed by atoms with van der Waals surface area (Å²) in [5.41, 5.74) is 1.37. The summed E-state index contributed by atoms with van der Waals surface area (Å²) in [6, 6.07) is 4.56. The summed E-state index contributed by atoms with van der Waals surface area (Å²) in [5, 5.41) is 8.02. The first kappa shape index (κ1) is 14.5. The number of hydrogen-bond acceptors (Lipinski definition) is 3. The summed E-state index contributed by atoms with van der Waals surface area (Å²) in [6.45, 7) is 1.84. The van der Waals surface area contributed by atoms with E-state index in [1.807, 2.05) is 6.92 Å². The monoisotopic (exact) mass is 308 g/mol. The molecule has 1 aromatic carbocycles. The fourth-order valence-electron chi connectivity index (χ4n) is 3.51. The van der Waals surface area contributed by atoms with Crippen molar-refractivity contribution < 1.29 is 13.2 Å². The fourth-order valence-corrected chi connectivity index (χ4v) is 4.05. The Morgan fingerprint density at radius 1 is 1.24 bits per heavy atom. The third-order valence-electron chi connectivity index (χ3n) is 4.75. The zero-order valence-corrected chi connectivity index (χ0v) is 12.8. The Morgan fingerprint density at radius 2 is 1.86 bits per heavy atom. The number of carbonyl (C=O) groups is 1. The maximum atomic E-state index is 12.4. The number of anilines is 1. The SMILES string of the molecule is Cc1ccc(S(N)(=O)=O)cc1NC(=O)C1C2CCCCC21. The molecular weight excluding hydrogens is 288 g/mol. The third-order valence-corrected chi connectivity index (χ3v) is 5.67. The fraction of sp³-hybridized carbons (Fsp3) is 0.533. The molecule has 0 spiro atoms. The molecule has 0 aromatic heterocycles. The molecule has 21 heavy (non-hydrogen) atoms. The number of nitrogens with two attached hydrogens (primary N) is 1. The highest BCUT2D eigenvalue weighted by molar-refractivity contribution is 7.89. The normalized spacial score (nSPS) is 27.8. The summed E-state index contributed by atoms with van der Waals surface area (Å²) in [7, 11) is -3.75. The van der Waals surface area contributed by atoms with Gasteiger partial charge in [-0.3, -0.25) is 4.79 Å². The Kier molecular flexibility index (Phi) is 3.53. The number of nitrogens with one attached hydrogen (secondary N) is 1. The molecule has 0 aliphatic heterocycles. The Bertz CT molecular complexity index is 672. The van der Waals surface area contributed by atoms with Gasteiger partial charge >= 0.3 is 0 Å². The lowest BCUT2D eigenvalue weighted by atomic mass is 10.0. The standard InChI is InChI=1S/C15H20N2O3S/c1-9-6-7-10(21(16,19)20)8-13(9)17-15(18)14-11-4-2-3-5-12(11)14/h6-8,11-12,14H,2-5H2,1H3,(H,17,18)(H2,16,19,20). The first-order chi connectivity index (χ1) is 9.88. The summed E-state index contributed by atoms with van der Waals surface area (Å²) in [6.07, 6.45) is 4.70. The predicted octanol–water partition coefficient (Wildman–Crippen LogP) is 2.02. The molecule has 3 N–H and O–H groups in total. The molecule has 1 amide bonds. The second-order valence-electron chi connectivity index (χ2n) is 6.15. The second-order valence-corrected chi connectivity index (χ2v) is 7.71. The molecule has 3 rings (SSSR count). The quantitative estimate of drug-likeness (QED) is 0.895. The van der Waals surface area contributed by atoms with Crippen LogP contribution in [0.1, 0.15) is 31.2 Å². The molecule has 1 aromatic rings. The topological polar surface area (TPSA) is 89.3 Å². The van der Waals surface area contributed by atoms with Crippen LogP contribution in [0.3, 0.4) is 0 Å². The van der Waals surface area contributed by atoms with Crippen LogP contribution in [-0.4, -0.2) is 14.3 Å². The van der Waals surface area contributed by atoms with Gasteiger partial charge < -0.3 is 5.32 Å². The van der Waals surface area contributed by atoms with Crippen molar-refractivity contribution in [3.8, 4) is 0 Å². The van der Waals surface area contributed by atoms with E-state index < -0.39 is 10.0 Å². The van der Waals surface area contributed by atoms with Crippen molar-refractivity contribution in [2.24, 2.45) is 22.9 Å². The molecule has 2 saturated carbocycles. The van der Waals surface area contributed by atoms with Crippen molar-refractivity contribution >= 4 is 21.6 Å². The minimum absolute atomic E-state index is 0.0153. The van der Waals surface area contributed by atoms with Gasteiger partial charge in [0.1, 0.15) is 0 Å². The van der Waals surface area contributed by atoms with Crippen LogP contribution in [0.15, 0.2) is 23.1 Å².